The largest absolute Gasteiger partial charge is 0.495 e. The fourth-order valence-corrected chi connectivity index (χ4v) is 1.78. The fraction of sp³-hybridized carbons (Fsp3) is 0.455. The molecule has 0 aliphatic rings. The number of nitrogens with one attached hydrogen (secondary N) is 1. The Kier molecular flexibility index (Phi) is 4.65. The Labute approximate surface area is 103 Å². The topological polar surface area (TPSA) is 21.3 Å². The van der Waals surface area contributed by atoms with Crippen molar-refractivity contribution in [1.29, 1.82) is 0 Å². The number of benzene rings is 1. The maximum Gasteiger partial charge on any atom is 0.390 e. The van der Waals surface area contributed by atoms with Crippen LogP contribution in [0.1, 0.15) is 18.0 Å². The molecule has 0 fully saturated rings. The molecule has 2 nitrogen and oxygen atoms in total. The second-order valence-corrected chi connectivity index (χ2v) is 3.96. The molecule has 1 atom stereocenters. The Bertz CT molecular complexity index is 381. The van der Waals surface area contributed by atoms with E-state index in [2.05, 4.69) is 5.32 Å². The fourth-order valence-electron chi connectivity index (χ4n) is 1.52. The van der Waals surface area contributed by atoms with E-state index < -0.39 is 18.6 Å². The third kappa shape index (κ3) is 4.09. The summed E-state index contributed by atoms with van der Waals surface area (Å²) in [5.41, 5.74) is 0.482. The highest BCUT2D eigenvalue weighted by Gasteiger charge is 2.32. The normalized spacial score (nSPS) is 13.5. The van der Waals surface area contributed by atoms with E-state index in [1.807, 2.05) is 0 Å². The van der Waals surface area contributed by atoms with Gasteiger partial charge < -0.3 is 10.1 Å². The third-order valence-electron chi connectivity index (χ3n) is 2.36. The molecule has 0 amide bonds. The first kappa shape index (κ1) is 14.1. The predicted molar refractivity (Wildman–Crippen MR) is 60.5 cm³/mol. The maximum atomic E-state index is 12.3. The van der Waals surface area contributed by atoms with Crippen LogP contribution in [0.25, 0.3) is 0 Å². The van der Waals surface area contributed by atoms with Crippen LogP contribution in [-0.2, 0) is 0 Å². The van der Waals surface area contributed by atoms with Gasteiger partial charge in [0, 0.05) is 6.04 Å². The number of hydrogen-bond acceptors (Lipinski definition) is 2. The standard InChI is InChI=1S/C11H13ClF3NO/c1-16-9(6-11(13,14)15)7-3-4-10(17-2)8(12)5-7/h3-5,9,16H,6H2,1-2H3. The minimum Gasteiger partial charge on any atom is -0.495 e. The van der Waals surface area contributed by atoms with Crippen LogP contribution in [-0.4, -0.2) is 20.3 Å². The molecule has 0 aliphatic heterocycles. The summed E-state index contributed by atoms with van der Waals surface area (Å²) in [6.45, 7) is 0. The minimum absolute atomic E-state index is 0.299. The van der Waals surface area contributed by atoms with Crippen LogP contribution in [0.4, 0.5) is 13.2 Å². The van der Waals surface area contributed by atoms with Crippen LogP contribution in [0.2, 0.25) is 5.02 Å². The Morgan fingerprint density at radius 1 is 1.41 bits per heavy atom. The molecule has 0 bridgehead atoms. The average Bonchev–Trinajstić information content (AvgIpc) is 2.24. The molecular weight excluding hydrogens is 255 g/mol. The van der Waals surface area contributed by atoms with Gasteiger partial charge in [0.15, 0.2) is 0 Å². The summed E-state index contributed by atoms with van der Waals surface area (Å²) in [5, 5.41) is 2.92. The van der Waals surface area contributed by atoms with Crippen molar-refractivity contribution in [3.05, 3.63) is 28.8 Å². The number of ether oxygens (including phenoxy) is 1. The van der Waals surface area contributed by atoms with Gasteiger partial charge in [-0.1, -0.05) is 17.7 Å². The molecule has 0 spiro atoms. The molecule has 17 heavy (non-hydrogen) atoms. The van der Waals surface area contributed by atoms with Gasteiger partial charge in [-0.15, -0.1) is 0 Å². The van der Waals surface area contributed by atoms with Gasteiger partial charge in [0.2, 0.25) is 0 Å². The first-order valence-electron chi connectivity index (χ1n) is 4.95. The number of halogens is 4. The summed E-state index contributed by atoms with van der Waals surface area (Å²) in [6, 6.07) is 3.79. The Balaban J connectivity index is 2.93. The summed E-state index contributed by atoms with van der Waals surface area (Å²) in [6.07, 6.45) is -5.16. The van der Waals surface area contributed by atoms with E-state index in [1.165, 1.54) is 20.2 Å². The molecule has 1 unspecified atom stereocenters. The molecule has 96 valence electrons. The van der Waals surface area contributed by atoms with E-state index in [-0.39, 0.29) is 0 Å². The van der Waals surface area contributed by atoms with Crippen LogP contribution in [0.15, 0.2) is 18.2 Å². The Morgan fingerprint density at radius 2 is 2.06 bits per heavy atom. The Morgan fingerprint density at radius 3 is 2.47 bits per heavy atom. The second kappa shape index (κ2) is 5.60. The van der Waals surface area contributed by atoms with Crippen LogP contribution in [0.3, 0.4) is 0 Å². The zero-order chi connectivity index (χ0) is 13.1. The molecule has 0 saturated heterocycles. The van der Waals surface area contributed by atoms with E-state index in [1.54, 1.807) is 12.1 Å². The molecule has 0 aliphatic carbocycles. The van der Waals surface area contributed by atoms with Crippen molar-refractivity contribution < 1.29 is 17.9 Å². The summed E-state index contributed by atoms with van der Waals surface area (Å²) in [7, 11) is 2.93. The number of hydrogen-bond donors (Lipinski definition) is 1. The summed E-state index contributed by atoms with van der Waals surface area (Å²) in [5.74, 6) is 0.442. The van der Waals surface area contributed by atoms with Crippen LogP contribution >= 0.6 is 11.6 Å². The molecule has 0 radical (unpaired) electrons. The average molecular weight is 268 g/mol. The van der Waals surface area contributed by atoms with Crippen molar-refractivity contribution in [2.75, 3.05) is 14.2 Å². The lowest BCUT2D eigenvalue weighted by Gasteiger charge is -2.19. The molecule has 0 heterocycles. The van der Waals surface area contributed by atoms with Crippen molar-refractivity contribution in [3.63, 3.8) is 0 Å². The summed E-state index contributed by atoms with van der Waals surface area (Å²) in [4.78, 5) is 0. The van der Waals surface area contributed by atoms with Gasteiger partial charge in [-0.05, 0) is 24.7 Å². The van der Waals surface area contributed by atoms with E-state index >= 15 is 0 Å². The van der Waals surface area contributed by atoms with Crippen molar-refractivity contribution in [1.82, 2.24) is 5.32 Å². The predicted octanol–water partition coefficient (Wildman–Crippen LogP) is 3.56. The van der Waals surface area contributed by atoms with Gasteiger partial charge in [0.1, 0.15) is 5.75 Å². The van der Waals surface area contributed by atoms with Crippen LogP contribution in [0.5, 0.6) is 5.75 Å². The molecule has 0 aromatic heterocycles. The molecule has 1 aromatic carbocycles. The van der Waals surface area contributed by atoms with Gasteiger partial charge >= 0.3 is 6.18 Å². The van der Waals surface area contributed by atoms with E-state index in [4.69, 9.17) is 16.3 Å². The maximum absolute atomic E-state index is 12.3. The van der Waals surface area contributed by atoms with Gasteiger partial charge in [0.25, 0.3) is 0 Å². The van der Waals surface area contributed by atoms with Crippen molar-refractivity contribution in [2.24, 2.45) is 0 Å². The third-order valence-corrected chi connectivity index (χ3v) is 2.66. The second-order valence-electron chi connectivity index (χ2n) is 3.55. The van der Waals surface area contributed by atoms with E-state index in [0.717, 1.165) is 0 Å². The molecule has 1 N–H and O–H groups in total. The molecule has 0 saturated carbocycles. The van der Waals surface area contributed by atoms with Gasteiger partial charge in [-0.25, -0.2) is 0 Å². The van der Waals surface area contributed by atoms with Crippen molar-refractivity contribution in [2.45, 2.75) is 18.6 Å². The van der Waals surface area contributed by atoms with Crippen molar-refractivity contribution >= 4 is 11.6 Å². The van der Waals surface area contributed by atoms with Crippen molar-refractivity contribution in [3.8, 4) is 5.75 Å². The molecular formula is C11H13ClF3NO. The zero-order valence-electron chi connectivity index (χ0n) is 9.44. The first-order valence-corrected chi connectivity index (χ1v) is 5.32. The lowest BCUT2D eigenvalue weighted by Crippen LogP contribution is -2.23. The van der Waals surface area contributed by atoms with Gasteiger partial charge in [0.05, 0.1) is 18.6 Å². The van der Waals surface area contributed by atoms with Gasteiger partial charge in [-0.2, -0.15) is 13.2 Å². The zero-order valence-corrected chi connectivity index (χ0v) is 10.2. The molecule has 1 aromatic rings. The number of rotatable bonds is 4. The lowest BCUT2D eigenvalue weighted by atomic mass is 10.0. The monoisotopic (exact) mass is 267 g/mol. The molecule has 6 heteroatoms. The minimum atomic E-state index is -4.22. The van der Waals surface area contributed by atoms with Gasteiger partial charge in [-0.3, -0.25) is 0 Å². The first-order chi connectivity index (χ1) is 7.87. The summed E-state index contributed by atoms with van der Waals surface area (Å²) >= 11 is 5.87. The quantitative estimate of drug-likeness (QED) is 0.901. The van der Waals surface area contributed by atoms with E-state index in [0.29, 0.717) is 16.3 Å². The highest BCUT2D eigenvalue weighted by Crippen LogP contribution is 2.33. The molecule has 1 rings (SSSR count). The SMILES string of the molecule is CNC(CC(F)(F)F)c1ccc(OC)c(Cl)c1. The highest BCUT2D eigenvalue weighted by atomic mass is 35.5. The smallest absolute Gasteiger partial charge is 0.390 e. The number of methoxy groups -OCH3 is 1. The van der Waals surface area contributed by atoms with Crippen LogP contribution < -0.4 is 10.1 Å². The summed E-state index contributed by atoms with van der Waals surface area (Å²) < 4.78 is 41.9. The van der Waals surface area contributed by atoms with E-state index in [9.17, 15) is 13.2 Å². The lowest BCUT2D eigenvalue weighted by molar-refractivity contribution is -0.140. The number of alkyl halides is 3. The van der Waals surface area contributed by atoms with Crippen LogP contribution in [0, 0.1) is 0 Å². The highest BCUT2D eigenvalue weighted by molar-refractivity contribution is 6.32. The Hall–Kier alpha value is -0.940.